The van der Waals surface area contributed by atoms with Gasteiger partial charge in [-0.2, -0.15) is 0 Å². The summed E-state index contributed by atoms with van der Waals surface area (Å²) in [4.78, 5) is 15.0. The molecular formula is C20H24N4O3S. The van der Waals surface area contributed by atoms with Crippen molar-refractivity contribution < 1.29 is 13.2 Å². The average Bonchev–Trinajstić information content (AvgIpc) is 2.99. The molecule has 1 aliphatic heterocycles. The van der Waals surface area contributed by atoms with Gasteiger partial charge in [0.25, 0.3) is 0 Å². The van der Waals surface area contributed by atoms with Crippen molar-refractivity contribution >= 4 is 26.7 Å². The minimum absolute atomic E-state index is 0.0280. The van der Waals surface area contributed by atoms with E-state index in [1.54, 1.807) is 0 Å². The second kappa shape index (κ2) is 7.18. The Labute approximate surface area is 164 Å². The number of aromatic amines is 1. The number of hydrogen-bond donors (Lipinski definition) is 1. The maximum Gasteiger partial charge on any atom is 0.151 e. The number of anilines is 1. The van der Waals surface area contributed by atoms with Crippen LogP contribution < -0.4 is 4.90 Å². The molecule has 28 heavy (non-hydrogen) atoms. The minimum atomic E-state index is -3.16. The molecule has 3 aromatic rings. The minimum Gasteiger partial charge on any atom is -0.377 e. The Morgan fingerprint density at radius 1 is 1.21 bits per heavy atom. The molecule has 0 aliphatic carbocycles. The van der Waals surface area contributed by atoms with Crippen LogP contribution in [0.15, 0.2) is 30.3 Å². The van der Waals surface area contributed by atoms with Crippen molar-refractivity contribution in [2.45, 2.75) is 25.6 Å². The molecule has 8 heteroatoms. The highest BCUT2D eigenvalue weighted by Gasteiger charge is 2.22. The number of aromatic nitrogens is 3. The monoisotopic (exact) mass is 400 g/mol. The summed E-state index contributed by atoms with van der Waals surface area (Å²) >= 11 is 0. The topological polar surface area (TPSA) is 88.2 Å². The number of hydrogen-bond acceptors (Lipinski definition) is 6. The first-order chi connectivity index (χ1) is 13.3. The molecule has 4 rings (SSSR count). The first-order valence-electron chi connectivity index (χ1n) is 9.28. The Hall–Kier alpha value is -2.45. The first-order valence-corrected chi connectivity index (χ1v) is 11.3. The number of rotatable bonds is 4. The van der Waals surface area contributed by atoms with Crippen molar-refractivity contribution in [1.82, 2.24) is 15.0 Å². The summed E-state index contributed by atoms with van der Waals surface area (Å²) in [6.07, 6.45) is 1.25. The fourth-order valence-electron chi connectivity index (χ4n) is 3.59. The molecule has 0 amide bonds. The fraction of sp³-hybridized carbons (Fsp3) is 0.400. The van der Waals surface area contributed by atoms with Gasteiger partial charge in [-0.1, -0.05) is 0 Å². The highest BCUT2D eigenvalue weighted by Crippen LogP contribution is 2.27. The van der Waals surface area contributed by atoms with Gasteiger partial charge in [0.05, 0.1) is 47.4 Å². The summed E-state index contributed by atoms with van der Waals surface area (Å²) in [5.74, 6) is 0.735. The van der Waals surface area contributed by atoms with Gasteiger partial charge in [0.1, 0.15) is 5.82 Å². The quantitative estimate of drug-likeness (QED) is 0.724. The molecule has 3 aromatic heterocycles. The zero-order chi connectivity index (χ0) is 19.9. The number of sulfone groups is 1. The molecule has 0 radical (unpaired) electrons. The third kappa shape index (κ3) is 4.02. The van der Waals surface area contributed by atoms with Gasteiger partial charge in [0.2, 0.25) is 0 Å². The maximum atomic E-state index is 11.9. The predicted molar refractivity (Wildman–Crippen MR) is 110 cm³/mol. The number of H-pyrrole nitrogens is 1. The lowest BCUT2D eigenvalue weighted by Gasteiger charge is -2.34. The summed E-state index contributed by atoms with van der Waals surface area (Å²) in [5, 5.41) is 0. The zero-order valence-electron chi connectivity index (χ0n) is 16.3. The van der Waals surface area contributed by atoms with E-state index in [4.69, 9.17) is 14.7 Å². The van der Waals surface area contributed by atoms with E-state index in [0.29, 0.717) is 24.5 Å². The van der Waals surface area contributed by atoms with Gasteiger partial charge < -0.3 is 14.6 Å². The van der Waals surface area contributed by atoms with E-state index in [0.717, 1.165) is 34.8 Å². The lowest BCUT2D eigenvalue weighted by atomic mass is 10.1. The Morgan fingerprint density at radius 3 is 2.79 bits per heavy atom. The van der Waals surface area contributed by atoms with E-state index < -0.39 is 9.84 Å². The van der Waals surface area contributed by atoms with E-state index in [-0.39, 0.29) is 11.8 Å². The molecule has 0 spiro atoms. The Morgan fingerprint density at radius 2 is 2.04 bits per heavy atom. The maximum absolute atomic E-state index is 11.9. The van der Waals surface area contributed by atoms with E-state index in [9.17, 15) is 8.42 Å². The Bertz CT molecular complexity index is 1120. The molecule has 0 aromatic carbocycles. The van der Waals surface area contributed by atoms with E-state index in [1.165, 1.54) is 6.26 Å². The van der Waals surface area contributed by atoms with Crippen molar-refractivity contribution in [3.63, 3.8) is 0 Å². The third-order valence-electron chi connectivity index (χ3n) is 4.83. The molecule has 1 atom stereocenters. The fourth-order valence-corrected chi connectivity index (χ4v) is 4.36. The van der Waals surface area contributed by atoms with E-state index in [2.05, 4.69) is 16.8 Å². The van der Waals surface area contributed by atoms with Crippen molar-refractivity contribution in [3.8, 4) is 11.4 Å². The van der Waals surface area contributed by atoms with E-state index in [1.807, 2.05) is 37.3 Å². The van der Waals surface area contributed by atoms with Crippen LogP contribution in [0.5, 0.6) is 0 Å². The van der Waals surface area contributed by atoms with Crippen LogP contribution in [-0.2, 0) is 20.3 Å². The second-order valence-electron chi connectivity index (χ2n) is 7.49. The second-order valence-corrected chi connectivity index (χ2v) is 9.63. The Balaban J connectivity index is 1.81. The molecular weight excluding hydrogens is 376 g/mol. The predicted octanol–water partition coefficient (Wildman–Crippen LogP) is 2.70. The average molecular weight is 401 g/mol. The van der Waals surface area contributed by atoms with Gasteiger partial charge in [-0.25, -0.2) is 18.4 Å². The van der Waals surface area contributed by atoms with Crippen LogP contribution in [0, 0.1) is 6.92 Å². The van der Waals surface area contributed by atoms with Crippen LogP contribution in [0.2, 0.25) is 0 Å². The van der Waals surface area contributed by atoms with Gasteiger partial charge in [-0.3, -0.25) is 0 Å². The summed E-state index contributed by atoms with van der Waals surface area (Å²) in [7, 11) is -3.16. The van der Waals surface area contributed by atoms with Crippen molar-refractivity contribution in [2.24, 2.45) is 0 Å². The molecule has 0 bridgehead atoms. The van der Waals surface area contributed by atoms with Gasteiger partial charge in [0.15, 0.2) is 9.84 Å². The largest absolute Gasteiger partial charge is 0.377 e. The van der Waals surface area contributed by atoms with Gasteiger partial charge in [-0.05, 0) is 49.7 Å². The van der Waals surface area contributed by atoms with Crippen LogP contribution in [-0.4, -0.2) is 55.4 Å². The summed E-state index contributed by atoms with van der Waals surface area (Å²) < 4.78 is 29.3. The number of aryl methyl sites for hydroxylation is 1. The number of pyridine rings is 2. The Kier molecular flexibility index (Phi) is 4.84. The number of fused-ring (bicyclic) bond motifs is 1. The zero-order valence-corrected chi connectivity index (χ0v) is 17.1. The van der Waals surface area contributed by atoms with Crippen molar-refractivity contribution in [1.29, 1.82) is 0 Å². The van der Waals surface area contributed by atoms with Crippen molar-refractivity contribution in [2.75, 3.05) is 30.9 Å². The normalized spacial score (nSPS) is 18.0. The van der Waals surface area contributed by atoms with Crippen LogP contribution in [0.4, 0.5) is 5.82 Å². The van der Waals surface area contributed by atoms with E-state index >= 15 is 0 Å². The summed E-state index contributed by atoms with van der Waals surface area (Å²) in [5.41, 5.74) is 5.00. The van der Waals surface area contributed by atoms with Crippen LogP contribution in [0.1, 0.15) is 18.2 Å². The highest BCUT2D eigenvalue weighted by atomic mass is 32.2. The highest BCUT2D eigenvalue weighted by molar-refractivity contribution is 7.89. The number of nitrogens with one attached hydrogen (secondary N) is 1. The lowest BCUT2D eigenvalue weighted by Crippen LogP contribution is -2.44. The first kappa shape index (κ1) is 18.9. The molecule has 1 aliphatic rings. The molecule has 1 fully saturated rings. The van der Waals surface area contributed by atoms with Crippen LogP contribution in [0.25, 0.3) is 22.4 Å². The van der Waals surface area contributed by atoms with Crippen LogP contribution >= 0.6 is 0 Å². The molecule has 0 saturated carbocycles. The molecule has 0 unspecified atom stereocenters. The molecule has 148 valence electrons. The van der Waals surface area contributed by atoms with Gasteiger partial charge in [-0.15, -0.1) is 0 Å². The SMILES string of the molecule is Cc1cc2nc(-c3cc(CS(C)(=O)=O)cc(N4CCOC[C@H]4C)n3)ccc2[nH]1. The summed E-state index contributed by atoms with van der Waals surface area (Å²) in [6, 6.07) is 9.74. The standard InChI is InChI=1S/C20H24N4O3S/c1-13-8-18-16(21-13)4-5-17(22-18)19-9-15(12-28(3,25)26)10-20(23-19)24-6-7-27-11-14(24)2/h4-5,8-10,14,21H,6-7,11-12H2,1-3H3/t14-/m1/s1. The smallest absolute Gasteiger partial charge is 0.151 e. The number of morpholine rings is 1. The summed E-state index contributed by atoms with van der Waals surface area (Å²) in [6.45, 7) is 6.05. The third-order valence-corrected chi connectivity index (χ3v) is 5.69. The number of nitrogens with zero attached hydrogens (tertiary/aromatic N) is 3. The molecule has 7 nitrogen and oxygen atoms in total. The van der Waals surface area contributed by atoms with Gasteiger partial charge in [0, 0.05) is 18.5 Å². The van der Waals surface area contributed by atoms with Crippen molar-refractivity contribution in [3.05, 3.63) is 41.6 Å². The number of ether oxygens (including phenoxy) is 1. The van der Waals surface area contributed by atoms with Gasteiger partial charge >= 0.3 is 0 Å². The molecule has 1 saturated heterocycles. The molecule has 4 heterocycles. The molecule has 1 N–H and O–H groups in total. The lowest BCUT2D eigenvalue weighted by molar-refractivity contribution is 0.0985. The van der Waals surface area contributed by atoms with Crippen LogP contribution in [0.3, 0.4) is 0 Å².